The van der Waals surface area contributed by atoms with E-state index in [0.29, 0.717) is 0 Å². The molecule has 0 aromatic heterocycles. The van der Waals surface area contributed by atoms with Gasteiger partial charge in [0.2, 0.25) is 5.91 Å². The molecule has 1 aromatic carbocycles. The minimum Gasteiger partial charge on any atom is -0.494 e. The minimum absolute atomic E-state index is 0.131. The van der Waals surface area contributed by atoms with Crippen LogP contribution in [-0.2, 0) is 4.79 Å². The number of hydrogen-bond acceptors (Lipinski definition) is 3. The van der Waals surface area contributed by atoms with Crippen molar-refractivity contribution < 1.29 is 18.3 Å². The lowest BCUT2D eigenvalue weighted by Gasteiger charge is -2.11. The molecule has 1 rings (SSSR count). The van der Waals surface area contributed by atoms with E-state index in [0.717, 1.165) is 12.1 Å². The van der Waals surface area contributed by atoms with Gasteiger partial charge in [-0.25, -0.2) is 8.78 Å². The largest absolute Gasteiger partial charge is 0.494 e. The van der Waals surface area contributed by atoms with E-state index in [1.54, 1.807) is 6.92 Å². The van der Waals surface area contributed by atoms with Crippen molar-refractivity contribution >= 4 is 11.6 Å². The van der Waals surface area contributed by atoms with Crippen LogP contribution in [0.5, 0.6) is 5.75 Å². The van der Waals surface area contributed by atoms with Gasteiger partial charge in [0, 0.05) is 24.6 Å². The van der Waals surface area contributed by atoms with Crippen molar-refractivity contribution in [2.45, 2.75) is 6.92 Å². The number of ether oxygens (including phenoxy) is 1. The summed E-state index contributed by atoms with van der Waals surface area (Å²) < 4.78 is 31.4. The molecule has 0 heterocycles. The van der Waals surface area contributed by atoms with E-state index < -0.39 is 23.5 Å². The number of benzene rings is 1. The zero-order chi connectivity index (χ0) is 13.0. The lowest BCUT2D eigenvalue weighted by atomic mass is 10.1. The Morgan fingerprint density at radius 2 is 2.12 bits per heavy atom. The first-order valence-corrected chi connectivity index (χ1v) is 5.03. The summed E-state index contributed by atoms with van der Waals surface area (Å²) in [5, 5.41) is 2.26. The van der Waals surface area contributed by atoms with Gasteiger partial charge >= 0.3 is 0 Å². The number of amides is 1. The quantitative estimate of drug-likeness (QED) is 0.843. The van der Waals surface area contributed by atoms with E-state index >= 15 is 0 Å². The molecule has 0 aliphatic rings. The zero-order valence-corrected chi connectivity index (χ0v) is 9.59. The van der Waals surface area contributed by atoms with Crippen LogP contribution >= 0.6 is 0 Å². The van der Waals surface area contributed by atoms with Crippen molar-refractivity contribution in [3.8, 4) is 5.75 Å². The Hall–Kier alpha value is -1.69. The Kier molecular flexibility index (Phi) is 4.39. The van der Waals surface area contributed by atoms with E-state index in [2.05, 4.69) is 10.1 Å². The van der Waals surface area contributed by atoms with E-state index in [-0.39, 0.29) is 18.0 Å². The van der Waals surface area contributed by atoms with Crippen LogP contribution in [0.3, 0.4) is 0 Å². The van der Waals surface area contributed by atoms with Crippen LogP contribution in [0.2, 0.25) is 0 Å². The van der Waals surface area contributed by atoms with Crippen LogP contribution in [0.4, 0.5) is 14.5 Å². The van der Waals surface area contributed by atoms with Crippen LogP contribution in [0.1, 0.15) is 6.92 Å². The molecule has 0 fully saturated rings. The Bertz CT molecular complexity index is 424. The van der Waals surface area contributed by atoms with Crippen LogP contribution in [0.25, 0.3) is 0 Å². The number of halogens is 2. The van der Waals surface area contributed by atoms with Crippen molar-refractivity contribution in [2.75, 3.05) is 19.0 Å². The molecule has 0 saturated heterocycles. The molecule has 0 spiro atoms. The van der Waals surface area contributed by atoms with Crippen molar-refractivity contribution in [1.29, 1.82) is 0 Å². The fourth-order valence-corrected chi connectivity index (χ4v) is 1.14. The molecule has 4 nitrogen and oxygen atoms in total. The maximum atomic E-state index is 13.5. The second-order valence-electron chi connectivity index (χ2n) is 3.59. The van der Waals surface area contributed by atoms with E-state index in [9.17, 15) is 13.6 Å². The Morgan fingerprint density at radius 1 is 1.47 bits per heavy atom. The second kappa shape index (κ2) is 5.58. The summed E-state index contributed by atoms with van der Waals surface area (Å²) in [4.78, 5) is 11.4. The van der Waals surface area contributed by atoms with Crippen LogP contribution in [0.15, 0.2) is 12.1 Å². The molecule has 17 heavy (non-hydrogen) atoms. The summed E-state index contributed by atoms with van der Waals surface area (Å²) in [5.74, 6) is -2.66. The average Bonchev–Trinajstić information content (AvgIpc) is 2.32. The van der Waals surface area contributed by atoms with Crippen molar-refractivity contribution in [3.05, 3.63) is 23.8 Å². The Morgan fingerprint density at radius 3 is 2.65 bits per heavy atom. The van der Waals surface area contributed by atoms with Gasteiger partial charge in [0.15, 0.2) is 17.4 Å². The number of anilines is 1. The first kappa shape index (κ1) is 13.4. The average molecular weight is 244 g/mol. The molecule has 6 heteroatoms. The van der Waals surface area contributed by atoms with E-state index in [4.69, 9.17) is 5.73 Å². The molecule has 3 N–H and O–H groups in total. The smallest absolute Gasteiger partial charge is 0.228 e. The third kappa shape index (κ3) is 3.13. The van der Waals surface area contributed by atoms with Gasteiger partial charge in [0.25, 0.3) is 0 Å². The molecule has 1 amide bonds. The molecule has 1 atom stereocenters. The third-order valence-electron chi connectivity index (χ3n) is 2.30. The number of methoxy groups -OCH3 is 1. The highest BCUT2D eigenvalue weighted by Crippen LogP contribution is 2.24. The van der Waals surface area contributed by atoms with Gasteiger partial charge in [-0.2, -0.15) is 0 Å². The molecule has 0 saturated carbocycles. The summed E-state index contributed by atoms with van der Waals surface area (Å²) in [7, 11) is 1.23. The summed E-state index contributed by atoms with van der Waals surface area (Å²) in [6.07, 6.45) is 0. The number of nitrogens with two attached hydrogens (primary N) is 1. The lowest BCUT2D eigenvalue weighted by molar-refractivity contribution is -0.119. The normalized spacial score (nSPS) is 12.1. The maximum absolute atomic E-state index is 13.5. The van der Waals surface area contributed by atoms with Gasteiger partial charge in [0.1, 0.15) is 0 Å². The highest BCUT2D eigenvalue weighted by Gasteiger charge is 2.15. The predicted molar refractivity (Wildman–Crippen MR) is 59.8 cm³/mol. The topological polar surface area (TPSA) is 64.3 Å². The highest BCUT2D eigenvalue weighted by atomic mass is 19.1. The minimum atomic E-state index is -0.763. The Balaban J connectivity index is 2.92. The first-order valence-electron chi connectivity index (χ1n) is 5.03. The summed E-state index contributed by atoms with van der Waals surface area (Å²) in [5.41, 5.74) is 5.06. The van der Waals surface area contributed by atoms with Gasteiger partial charge in [0.05, 0.1) is 12.8 Å². The standard InChI is InChI=1S/C11H14F2N2O2/c1-6(5-14)11(16)15-9-3-8(13)10(17-2)4-7(9)12/h3-4,6H,5,14H2,1-2H3,(H,15,16). The zero-order valence-electron chi connectivity index (χ0n) is 9.59. The maximum Gasteiger partial charge on any atom is 0.228 e. The molecule has 1 unspecified atom stereocenters. The van der Waals surface area contributed by atoms with Crippen molar-refractivity contribution in [2.24, 2.45) is 11.7 Å². The summed E-state index contributed by atoms with van der Waals surface area (Å²) in [6, 6.07) is 1.74. The fourth-order valence-electron chi connectivity index (χ4n) is 1.14. The van der Waals surface area contributed by atoms with E-state index in [1.807, 2.05) is 0 Å². The summed E-state index contributed by atoms with van der Waals surface area (Å²) in [6.45, 7) is 1.72. The van der Waals surface area contributed by atoms with Gasteiger partial charge in [-0.15, -0.1) is 0 Å². The van der Waals surface area contributed by atoms with Gasteiger partial charge in [-0.3, -0.25) is 4.79 Å². The highest BCUT2D eigenvalue weighted by molar-refractivity contribution is 5.92. The molecule has 0 bridgehead atoms. The number of carbonyl (C=O) groups excluding carboxylic acids is 1. The third-order valence-corrected chi connectivity index (χ3v) is 2.30. The second-order valence-corrected chi connectivity index (χ2v) is 3.59. The number of rotatable bonds is 4. The van der Waals surface area contributed by atoms with Crippen molar-refractivity contribution in [1.82, 2.24) is 0 Å². The molecule has 0 radical (unpaired) electrons. The fraction of sp³-hybridized carbons (Fsp3) is 0.364. The molecule has 94 valence electrons. The molecular weight excluding hydrogens is 230 g/mol. The Labute approximate surface area is 97.8 Å². The molecule has 1 aromatic rings. The molecule has 0 aliphatic heterocycles. The SMILES string of the molecule is COc1cc(F)c(NC(=O)C(C)CN)cc1F. The number of hydrogen-bond donors (Lipinski definition) is 2. The van der Waals surface area contributed by atoms with Crippen LogP contribution < -0.4 is 15.8 Å². The monoisotopic (exact) mass is 244 g/mol. The lowest BCUT2D eigenvalue weighted by Crippen LogP contribution is -2.27. The van der Waals surface area contributed by atoms with Crippen LogP contribution in [-0.4, -0.2) is 19.6 Å². The number of carbonyl (C=O) groups is 1. The summed E-state index contributed by atoms with van der Waals surface area (Å²) >= 11 is 0. The molecule has 0 aliphatic carbocycles. The van der Waals surface area contributed by atoms with Crippen molar-refractivity contribution in [3.63, 3.8) is 0 Å². The first-order chi connectivity index (χ1) is 7.99. The molecular formula is C11H14F2N2O2. The van der Waals surface area contributed by atoms with Gasteiger partial charge in [-0.1, -0.05) is 6.92 Å². The number of nitrogens with one attached hydrogen (secondary N) is 1. The van der Waals surface area contributed by atoms with Gasteiger partial charge in [-0.05, 0) is 0 Å². The van der Waals surface area contributed by atoms with Crippen LogP contribution in [0, 0.1) is 17.6 Å². The van der Waals surface area contributed by atoms with Gasteiger partial charge < -0.3 is 15.8 Å². The van der Waals surface area contributed by atoms with E-state index in [1.165, 1.54) is 7.11 Å². The predicted octanol–water partition coefficient (Wildman–Crippen LogP) is 1.51.